The zero-order valence-electron chi connectivity index (χ0n) is 13.5. The second-order valence-electron chi connectivity index (χ2n) is 6.00. The molecule has 0 saturated heterocycles. The van der Waals surface area contributed by atoms with Gasteiger partial charge in [0.2, 0.25) is 0 Å². The maximum Gasteiger partial charge on any atom is 0.145 e. The molecule has 21 heavy (non-hydrogen) atoms. The van der Waals surface area contributed by atoms with Crippen molar-refractivity contribution in [2.24, 2.45) is 0 Å². The lowest BCUT2D eigenvalue weighted by Crippen LogP contribution is -2.15. The molecule has 0 saturated carbocycles. The number of aromatic nitrogens is 1. The van der Waals surface area contributed by atoms with E-state index in [1.165, 1.54) is 0 Å². The average Bonchev–Trinajstić information content (AvgIpc) is 2.40. The van der Waals surface area contributed by atoms with Crippen molar-refractivity contribution >= 4 is 16.7 Å². The summed E-state index contributed by atoms with van der Waals surface area (Å²) in [6.07, 6.45) is 0. The number of pyridine rings is 1. The van der Waals surface area contributed by atoms with E-state index in [0.717, 1.165) is 28.0 Å². The first-order chi connectivity index (χ1) is 9.88. The van der Waals surface area contributed by atoms with Crippen LogP contribution in [0.4, 0.5) is 5.82 Å². The monoisotopic (exact) mass is 288 g/mol. The van der Waals surface area contributed by atoms with Crippen LogP contribution in [0.3, 0.4) is 0 Å². The number of ether oxygens (including phenoxy) is 2. The Kier molecular flexibility index (Phi) is 4.26. The van der Waals surface area contributed by atoms with Crippen molar-refractivity contribution in [3.63, 3.8) is 0 Å². The lowest BCUT2D eigenvalue weighted by Gasteiger charge is -2.22. The van der Waals surface area contributed by atoms with Gasteiger partial charge in [0.1, 0.15) is 22.8 Å². The van der Waals surface area contributed by atoms with Crippen LogP contribution in [-0.4, -0.2) is 18.2 Å². The van der Waals surface area contributed by atoms with Gasteiger partial charge in [-0.15, -0.1) is 0 Å². The Bertz CT molecular complexity index is 645. The summed E-state index contributed by atoms with van der Waals surface area (Å²) in [5.74, 6) is 2.10. The molecule has 4 nitrogen and oxygen atoms in total. The molecule has 0 atom stereocenters. The van der Waals surface area contributed by atoms with Crippen molar-refractivity contribution in [1.29, 1.82) is 0 Å². The molecule has 1 aromatic carbocycles. The molecule has 0 aliphatic heterocycles. The van der Waals surface area contributed by atoms with Crippen molar-refractivity contribution < 1.29 is 9.47 Å². The van der Waals surface area contributed by atoms with Crippen LogP contribution in [0, 0.1) is 0 Å². The van der Waals surface area contributed by atoms with Gasteiger partial charge in [-0.1, -0.05) is 20.8 Å². The number of hydrogen-bond donors (Lipinski definition) is 1. The summed E-state index contributed by atoms with van der Waals surface area (Å²) in [6, 6.07) is 5.90. The predicted octanol–water partition coefficient (Wildman–Crippen LogP) is 3.91. The Morgan fingerprint density at radius 3 is 2.19 bits per heavy atom. The van der Waals surface area contributed by atoms with Gasteiger partial charge in [-0.25, -0.2) is 4.98 Å². The molecule has 2 rings (SSSR count). The summed E-state index contributed by atoms with van der Waals surface area (Å²) >= 11 is 0. The Labute approximate surface area is 126 Å². The molecule has 2 aromatic rings. The van der Waals surface area contributed by atoms with Gasteiger partial charge < -0.3 is 15.2 Å². The predicted molar refractivity (Wildman–Crippen MR) is 87.2 cm³/mol. The molecule has 0 aliphatic rings. The number of fused-ring (bicyclic) bond motifs is 1. The summed E-state index contributed by atoms with van der Waals surface area (Å²) in [5.41, 5.74) is 7.86. The second kappa shape index (κ2) is 5.80. The van der Waals surface area contributed by atoms with Gasteiger partial charge in [0.25, 0.3) is 0 Å². The lowest BCUT2D eigenvalue weighted by molar-refractivity contribution is 0.336. The SMILES string of the molecule is CCOc1ccc(OCC)c2nc(N)c(C(C)(C)C)cc12. The number of benzene rings is 1. The van der Waals surface area contributed by atoms with Crippen LogP contribution in [0.1, 0.15) is 40.2 Å². The van der Waals surface area contributed by atoms with Gasteiger partial charge in [0.15, 0.2) is 0 Å². The lowest BCUT2D eigenvalue weighted by atomic mass is 9.86. The van der Waals surface area contributed by atoms with Crippen LogP contribution >= 0.6 is 0 Å². The fourth-order valence-corrected chi connectivity index (χ4v) is 2.38. The van der Waals surface area contributed by atoms with E-state index >= 15 is 0 Å². The van der Waals surface area contributed by atoms with Crippen LogP contribution in [0.25, 0.3) is 10.9 Å². The molecule has 0 spiro atoms. The molecule has 1 heterocycles. The highest BCUT2D eigenvalue weighted by molar-refractivity contribution is 5.92. The fraction of sp³-hybridized carbons (Fsp3) is 0.471. The molecule has 0 unspecified atom stereocenters. The molecule has 0 bridgehead atoms. The first kappa shape index (κ1) is 15.4. The molecule has 1 aromatic heterocycles. The third-order valence-corrected chi connectivity index (χ3v) is 3.34. The minimum atomic E-state index is -0.0730. The first-order valence-corrected chi connectivity index (χ1v) is 7.37. The van der Waals surface area contributed by atoms with Gasteiger partial charge in [0, 0.05) is 10.9 Å². The average molecular weight is 288 g/mol. The van der Waals surface area contributed by atoms with E-state index in [4.69, 9.17) is 15.2 Å². The van der Waals surface area contributed by atoms with Crippen LogP contribution in [0.15, 0.2) is 18.2 Å². The van der Waals surface area contributed by atoms with E-state index in [0.29, 0.717) is 19.0 Å². The number of rotatable bonds is 4. The first-order valence-electron chi connectivity index (χ1n) is 7.37. The maximum absolute atomic E-state index is 6.15. The minimum Gasteiger partial charge on any atom is -0.493 e. The third kappa shape index (κ3) is 3.04. The van der Waals surface area contributed by atoms with Crippen molar-refractivity contribution in [3.8, 4) is 11.5 Å². The van der Waals surface area contributed by atoms with Crippen LogP contribution in [0.5, 0.6) is 11.5 Å². The summed E-state index contributed by atoms with van der Waals surface area (Å²) < 4.78 is 11.4. The molecule has 0 fully saturated rings. The Morgan fingerprint density at radius 1 is 1.05 bits per heavy atom. The molecule has 2 N–H and O–H groups in total. The van der Waals surface area contributed by atoms with Crippen molar-refractivity contribution in [2.75, 3.05) is 18.9 Å². The molecule has 0 amide bonds. The van der Waals surface area contributed by atoms with Gasteiger partial charge >= 0.3 is 0 Å². The standard InChI is InChI=1S/C17H24N2O2/c1-6-20-13-8-9-14(21-7-2)15-11(13)10-12(16(18)19-15)17(3,4)5/h8-10H,6-7H2,1-5H3,(H2,18,19). The Balaban J connectivity index is 2.75. The smallest absolute Gasteiger partial charge is 0.145 e. The van der Waals surface area contributed by atoms with E-state index in [2.05, 4.69) is 31.8 Å². The van der Waals surface area contributed by atoms with E-state index in [1.54, 1.807) is 0 Å². The van der Waals surface area contributed by atoms with Crippen molar-refractivity contribution in [2.45, 2.75) is 40.0 Å². The van der Waals surface area contributed by atoms with Crippen LogP contribution < -0.4 is 15.2 Å². The quantitative estimate of drug-likeness (QED) is 0.926. The summed E-state index contributed by atoms with van der Waals surface area (Å²) in [4.78, 5) is 4.58. The molecule has 0 radical (unpaired) electrons. The summed E-state index contributed by atoms with van der Waals surface area (Å²) in [5, 5.41) is 0.946. The Hall–Kier alpha value is -1.97. The number of anilines is 1. The van der Waals surface area contributed by atoms with E-state index in [1.807, 2.05) is 26.0 Å². The van der Waals surface area contributed by atoms with E-state index < -0.39 is 0 Å². The maximum atomic E-state index is 6.15. The second-order valence-corrected chi connectivity index (χ2v) is 6.00. The molecule has 0 aliphatic carbocycles. The Morgan fingerprint density at radius 2 is 1.62 bits per heavy atom. The number of nitrogens with two attached hydrogens (primary N) is 1. The third-order valence-electron chi connectivity index (χ3n) is 3.34. The molecular weight excluding hydrogens is 264 g/mol. The highest BCUT2D eigenvalue weighted by Crippen LogP contribution is 2.37. The van der Waals surface area contributed by atoms with Crippen molar-refractivity contribution in [3.05, 3.63) is 23.8 Å². The highest BCUT2D eigenvalue weighted by atomic mass is 16.5. The molecular formula is C17H24N2O2. The van der Waals surface area contributed by atoms with Crippen LogP contribution in [0.2, 0.25) is 0 Å². The number of nitrogens with zero attached hydrogens (tertiary/aromatic N) is 1. The number of nitrogen functional groups attached to an aromatic ring is 1. The van der Waals surface area contributed by atoms with Gasteiger partial charge in [0.05, 0.1) is 13.2 Å². The van der Waals surface area contributed by atoms with Crippen LogP contribution in [-0.2, 0) is 5.41 Å². The largest absolute Gasteiger partial charge is 0.493 e. The zero-order valence-corrected chi connectivity index (χ0v) is 13.5. The van der Waals surface area contributed by atoms with Gasteiger partial charge in [-0.3, -0.25) is 0 Å². The minimum absolute atomic E-state index is 0.0730. The normalized spacial score (nSPS) is 11.7. The molecule has 4 heteroatoms. The summed E-state index contributed by atoms with van der Waals surface area (Å²) in [6.45, 7) is 11.5. The van der Waals surface area contributed by atoms with E-state index in [-0.39, 0.29) is 5.41 Å². The van der Waals surface area contributed by atoms with Gasteiger partial charge in [-0.05, 0) is 37.5 Å². The number of hydrogen-bond acceptors (Lipinski definition) is 4. The highest BCUT2D eigenvalue weighted by Gasteiger charge is 2.21. The fourth-order valence-electron chi connectivity index (χ4n) is 2.38. The topological polar surface area (TPSA) is 57.4 Å². The van der Waals surface area contributed by atoms with Gasteiger partial charge in [-0.2, -0.15) is 0 Å². The summed E-state index contributed by atoms with van der Waals surface area (Å²) in [7, 11) is 0. The molecule has 114 valence electrons. The van der Waals surface area contributed by atoms with E-state index in [9.17, 15) is 0 Å². The zero-order chi connectivity index (χ0) is 15.6. The van der Waals surface area contributed by atoms with Crippen molar-refractivity contribution in [1.82, 2.24) is 4.98 Å².